The van der Waals surface area contributed by atoms with E-state index < -0.39 is 5.54 Å². The molecule has 0 aliphatic carbocycles. The molecule has 3 aromatic rings. The van der Waals surface area contributed by atoms with Gasteiger partial charge >= 0.3 is 0 Å². The fourth-order valence-electron chi connectivity index (χ4n) is 3.79. The zero-order valence-corrected chi connectivity index (χ0v) is 19.9. The van der Waals surface area contributed by atoms with Gasteiger partial charge < -0.3 is 10.2 Å². The molecule has 3 heterocycles. The maximum Gasteiger partial charge on any atom is 0.275 e. The minimum absolute atomic E-state index is 0.165. The molecular formula is C23H26BrN5O2. The number of nitrogens with one attached hydrogen (secondary N) is 1. The molecule has 162 valence electrons. The zero-order valence-electron chi connectivity index (χ0n) is 18.4. The number of halogens is 1. The number of hydrogen-bond acceptors (Lipinski definition) is 4. The van der Waals surface area contributed by atoms with E-state index in [1.165, 1.54) is 0 Å². The third-order valence-corrected chi connectivity index (χ3v) is 6.22. The minimum atomic E-state index is -0.937. The number of carbonyl (C=O) groups is 2. The van der Waals surface area contributed by atoms with Crippen LogP contribution in [0.1, 0.15) is 50.7 Å². The Hall–Kier alpha value is -2.74. The van der Waals surface area contributed by atoms with Crippen LogP contribution in [-0.4, -0.2) is 49.9 Å². The van der Waals surface area contributed by atoms with Crippen molar-refractivity contribution in [3.05, 3.63) is 52.3 Å². The van der Waals surface area contributed by atoms with E-state index in [1.807, 2.05) is 30.3 Å². The Kier molecular flexibility index (Phi) is 5.16. The third kappa shape index (κ3) is 3.84. The highest BCUT2D eigenvalue weighted by Crippen LogP contribution is 2.31. The minimum Gasteiger partial charge on any atom is -0.352 e. The molecule has 0 unspecified atom stereocenters. The summed E-state index contributed by atoms with van der Waals surface area (Å²) < 4.78 is 2.68. The van der Waals surface area contributed by atoms with Crippen LogP contribution in [0.2, 0.25) is 0 Å². The van der Waals surface area contributed by atoms with Crippen molar-refractivity contribution in [3.8, 4) is 11.3 Å². The van der Waals surface area contributed by atoms with Crippen LogP contribution in [0.3, 0.4) is 0 Å². The molecule has 1 aliphatic heterocycles. The molecule has 31 heavy (non-hydrogen) atoms. The summed E-state index contributed by atoms with van der Waals surface area (Å²) in [5.74, 6) is -0.433. The molecule has 1 aliphatic rings. The summed E-state index contributed by atoms with van der Waals surface area (Å²) in [4.78, 5) is 31.9. The summed E-state index contributed by atoms with van der Waals surface area (Å²) in [6, 6.07) is 10.00. The molecule has 0 spiro atoms. The lowest BCUT2D eigenvalue weighted by atomic mass is 9.87. The summed E-state index contributed by atoms with van der Waals surface area (Å²) in [5, 5.41) is 7.56. The molecule has 2 amide bonds. The number of hydrogen-bond donors (Lipinski definition) is 1. The van der Waals surface area contributed by atoms with E-state index >= 15 is 0 Å². The lowest BCUT2D eigenvalue weighted by Crippen LogP contribution is -2.63. The van der Waals surface area contributed by atoms with Gasteiger partial charge in [-0.05, 0) is 37.5 Å². The second-order valence-electron chi connectivity index (χ2n) is 9.37. The van der Waals surface area contributed by atoms with Crippen LogP contribution in [0.25, 0.3) is 16.9 Å². The SMILES string of the molecule is CC(C)(C)c1cc(-c2ccc(Br)cc2)nn2cc(C(=O)N3CCNC(=O)C3(C)C)nc12. The Labute approximate surface area is 190 Å². The molecule has 1 N–H and O–H groups in total. The van der Waals surface area contributed by atoms with Gasteiger partial charge in [-0.3, -0.25) is 9.59 Å². The first kappa shape index (κ1) is 21.5. The molecular weight excluding hydrogens is 458 g/mol. The van der Waals surface area contributed by atoms with Gasteiger partial charge in [0.2, 0.25) is 5.91 Å². The largest absolute Gasteiger partial charge is 0.352 e. The van der Waals surface area contributed by atoms with Crippen LogP contribution in [0.5, 0.6) is 0 Å². The number of amides is 2. The molecule has 1 saturated heterocycles. The number of fused-ring (bicyclic) bond motifs is 1. The first-order chi connectivity index (χ1) is 14.5. The fraction of sp³-hybridized carbons (Fsp3) is 0.391. The van der Waals surface area contributed by atoms with E-state index in [2.05, 4.69) is 47.0 Å². The van der Waals surface area contributed by atoms with Crippen molar-refractivity contribution in [2.45, 2.75) is 45.6 Å². The van der Waals surface area contributed by atoms with Gasteiger partial charge in [-0.2, -0.15) is 5.10 Å². The fourth-order valence-corrected chi connectivity index (χ4v) is 4.05. The number of piperazine rings is 1. The van der Waals surface area contributed by atoms with Crippen molar-refractivity contribution in [1.29, 1.82) is 0 Å². The summed E-state index contributed by atoms with van der Waals surface area (Å²) in [6.45, 7) is 10.7. The monoisotopic (exact) mass is 483 g/mol. The molecule has 0 atom stereocenters. The van der Waals surface area contributed by atoms with Crippen molar-refractivity contribution in [3.63, 3.8) is 0 Å². The molecule has 4 rings (SSSR count). The van der Waals surface area contributed by atoms with Crippen LogP contribution >= 0.6 is 15.9 Å². The lowest BCUT2D eigenvalue weighted by molar-refractivity contribution is -0.133. The van der Waals surface area contributed by atoms with Crippen LogP contribution in [0.15, 0.2) is 41.0 Å². The maximum atomic E-state index is 13.3. The zero-order chi connectivity index (χ0) is 22.6. The van der Waals surface area contributed by atoms with E-state index in [-0.39, 0.29) is 22.9 Å². The second-order valence-corrected chi connectivity index (χ2v) is 10.3. The quantitative estimate of drug-likeness (QED) is 0.600. The van der Waals surface area contributed by atoms with E-state index in [9.17, 15) is 9.59 Å². The van der Waals surface area contributed by atoms with Crippen molar-refractivity contribution < 1.29 is 9.59 Å². The number of rotatable bonds is 2. The topological polar surface area (TPSA) is 79.6 Å². The Balaban J connectivity index is 1.83. The molecule has 0 bridgehead atoms. The van der Waals surface area contributed by atoms with Gasteiger partial charge in [-0.1, -0.05) is 48.8 Å². The number of benzene rings is 1. The van der Waals surface area contributed by atoms with Crippen molar-refractivity contribution in [1.82, 2.24) is 24.8 Å². The van der Waals surface area contributed by atoms with Crippen molar-refractivity contribution in [2.24, 2.45) is 0 Å². The van der Waals surface area contributed by atoms with Crippen LogP contribution in [0, 0.1) is 0 Å². The van der Waals surface area contributed by atoms with Crippen LogP contribution < -0.4 is 5.32 Å². The lowest BCUT2D eigenvalue weighted by Gasteiger charge is -2.40. The van der Waals surface area contributed by atoms with Gasteiger partial charge in [0.05, 0.1) is 11.9 Å². The molecule has 7 nitrogen and oxygen atoms in total. The van der Waals surface area contributed by atoms with Crippen LogP contribution in [-0.2, 0) is 10.2 Å². The Bertz CT molecular complexity index is 1180. The smallest absolute Gasteiger partial charge is 0.275 e. The van der Waals surface area contributed by atoms with Gasteiger partial charge in [-0.15, -0.1) is 0 Å². The highest BCUT2D eigenvalue weighted by molar-refractivity contribution is 9.10. The predicted molar refractivity (Wildman–Crippen MR) is 123 cm³/mol. The van der Waals surface area contributed by atoms with E-state index in [0.717, 1.165) is 21.3 Å². The number of carbonyl (C=O) groups excluding carboxylic acids is 2. The average Bonchev–Trinajstić information content (AvgIpc) is 3.12. The maximum absolute atomic E-state index is 13.3. The van der Waals surface area contributed by atoms with Gasteiger partial charge in [-0.25, -0.2) is 9.50 Å². The summed E-state index contributed by atoms with van der Waals surface area (Å²) >= 11 is 3.47. The van der Waals surface area contributed by atoms with E-state index in [0.29, 0.717) is 18.7 Å². The number of imidazole rings is 1. The molecule has 1 aromatic carbocycles. The molecule has 1 fully saturated rings. The Morgan fingerprint density at radius 3 is 2.52 bits per heavy atom. The van der Waals surface area contributed by atoms with Gasteiger partial charge in [0, 0.05) is 28.7 Å². The molecule has 8 heteroatoms. The van der Waals surface area contributed by atoms with Gasteiger partial charge in [0.25, 0.3) is 5.91 Å². The van der Waals surface area contributed by atoms with E-state index in [1.54, 1.807) is 29.5 Å². The summed E-state index contributed by atoms with van der Waals surface area (Å²) in [7, 11) is 0. The molecule has 0 saturated carbocycles. The van der Waals surface area contributed by atoms with Crippen LogP contribution in [0.4, 0.5) is 0 Å². The average molecular weight is 484 g/mol. The third-order valence-electron chi connectivity index (χ3n) is 5.69. The highest BCUT2D eigenvalue weighted by atomic mass is 79.9. The van der Waals surface area contributed by atoms with E-state index in [4.69, 9.17) is 5.10 Å². The summed E-state index contributed by atoms with van der Waals surface area (Å²) in [5.41, 5.74) is 2.57. The molecule has 2 aromatic heterocycles. The second kappa shape index (κ2) is 7.44. The Morgan fingerprint density at radius 2 is 1.87 bits per heavy atom. The van der Waals surface area contributed by atoms with Gasteiger partial charge in [0.15, 0.2) is 5.65 Å². The van der Waals surface area contributed by atoms with Crippen molar-refractivity contribution >= 4 is 33.4 Å². The van der Waals surface area contributed by atoms with Gasteiger partial charge in [0.1, 0.15) is 11.2 Å². The Morgan fingerprint density at radius 1 is 1.19 bits per heavy atom. The normalized spacial score (nSPS) is 16.5. The predicted octanol–water partition coefficient (Wildman–Crippen LogP) is 3.81. The molecule has 0 radical (unpaired) electrons. The van der Waals surface area contributed by atoms with Crippen molar-refractivity contribution in [2.75, 3.05) is 13.1 Å². The standard InChI is InChI=1S/C23H26BrN5O2/c1-22(2,3)16-12-17(14-6-8-15(24)9-7-14)27-29-13-18(26-19(16)29)20(30)28-11-10-25-21(31)23(28,4)5/h6-9,12-13H,10-11H2,1-5H3,(H,25,31). The first-order valence-corrected chi connectivity index (χ1v) is 11.0. The summed E-state index contributed by atoms with van der Waals surface area (Å²) in [6.07, 6.45) is 1.66. The first-order valence-electron chi connectivity index (χ1n) is 10.3. The number of nitrogens with zero attached hydrogens (tertiary/aromatic N) is 4. The highest BCUT2D eigenvalue weighted by Gasteiger charge is 2.41. The number of aromatic nitrogens is 3.